The molecule has 4 nitrogen and oxygen atoms in total. The highest BCUT2D eigenvalue weighted by atomic mass is 19.1. The Hall–Kier alpha value is -1.46. The van der Waals surface area contributed by atoms with E-state index < -0.39 is 0 Å². The minimum Gasteiger partial charge on any atom is -0.355 e. The van der Waals surface area contributed by atoms with Crippen LogP contribution in [0, 0.1) is 11.7 Å². The van der Waals surface area contributed by atoms with Gasteiger partial charge >= 0.3 is 0 Å². The van der Waals surface area contributed by atoms with Crippen molar-refractivity contribution in [3.8, 4) is 0 Å². The molecule has 0 saturated carbocycles. The Kier molecular flexibility index (Phi) is 6.14. The molecule has 1 amide bonds. The summed E-state index contributed by atoms with van der Waals surface area (Å²) in [5.74, 6) is 0.440. The molecule has 1 fully saturated rings. The van der Waals surface area contributed by atoms with E-state index in [0.717, 1.165) is 44.5 Å². The molecular weight excluding hydrogens is 269 g/mol. The topological polar surface area (TPSA) is 58.4 Å². The summed E-state index contributed by atoms with van der Waals surface area (Å²) in [4.78, 5) is 14.0. The number of nitrogens with two attached hydrogens (primary N) is 1. The van der Waals surface area contributed by atoms with Gasteiger partial charge in [-0.3, -0.25) is 9.69 Å². The van der Waals surface area contributed by atoms with Crippen LogP contribution >= 0.6 is 0 Å². The summed E-state index contributed by atoms with van der Waals surface area (Å²) in [5, 5.41) is 2.92. The molecule has 0 spiro atoms. The third-order valence-corrected chi connectivity index (χ3v) is 4.06. The number of halogens is 1. The van der Waals surface area contributed by atoms with E-state index in [1.54, 1.807) is 12.1 Å². The van der Waals surface area contributed by atoms with E-state index in [4.69, 9.17) is 5.73 Å². The predicted molar refractivity (Wildman–Crippen MR) is 81.3 cm³/mol. The second kappa shape index (κ2) is 8.10. The van der Waals surface area contributed by atoms with Crippen LogP contribution in [0.15, 0.2) is 24.3 Å². The van der Waals surface area contributed by atoms with Crippen LogP contribution in [-0.4, -0.2) is 43.5 Å². The lowest BCUT2D eigenvalue weighted by molar-refractivity contribution is -0.122. The first-order valence-corrected chi connectivity index (χ1v) is 7.61. The Morgan fingerprint density at radius 2 is 1.95 bits per heavy atom. The first-order chi connectivity index (χ1) is 10.2. The smallest absolute Gasteiger partial charge is 0.234 e. The zero-order valence-electron chi connectivity index (χ0n) is 12.4. The van der Waals surface area contributed by atoms with Crippen molar-refractivity contribution < 1.29 is 9.18 Å². The summed E-state index contributed by atoms with van der Waals surface area (Å²) in [7, 11) is 0. The highest BCUT2D eigenvalue weighted by Gasteiger charge is 2.19. The summed E-state index contributed by atoms with van der Waals surface area (Å²) < 4.78 is 12.8. The quantitative estimate of drug-likeness (QED) is 0.827. The lowest BCUT2D eigenvalue weighted by atomic mass is 9.97. The van der Waals surface area contributed by atoms with Crippen LogP contribution in [0.2, 0.25) is 0 Å². The molecule has 0 atom stereocenters. The molecule has 1 aromatic carbocycles. The van der Waals surface area contributed by atoms with E-state index in [1.165, 1.54) is 12.1 Å². The highest BCUT2D eigenvalue weighted by molar-refractivity contribution is 5.78. The summed E-state index contributed by atoms with van der Waals surface area (Å²) in [5.41, 5.74) is 6.69. The third-order valence-electron chi connectivity index (χ3n) is 4.06. The van der Waals surface area contributed by atoms with Crippen molar-refractivity contribution >= 4 is 5.91 Å². The number of carbonyl (C=O) groups excluding carboxylic acids is 1. The zero-order chi connectivity index (χ0) is 15.1. The first-order valence-electron chi connectivity index (χ1n) is 7.61. The summed E-state index contributed by atoms with van der Waals surface area (Å²) in [6.07, 6.45) is 2.89. The van der Waals surface area contributed by atoms with E-state index in [2.05, 4.69) is 10.2 Å². The van der Waals surface area contributed by atoms with E-state index in [1.807, 2.05) is 0 Å². The molecule has 1 aromatic rings. The first kappa shape index (κ1) is 15.9. The van der Waals surface area contributed by atoms with Gasteiger partial charge in [-0.15, -0.1) is 0 Å². The van der Waals surface area contributed by atoms with Gasteiger partial charge in [-0.05, 0) is 62.5 Å². The highest BCUT2D eigenvalue weighted by Crippen LogP contribution is 2.15. The van der Waals surface area contributed by atoms with Crippen molar-refractivity contribution in [2.75, 3.05) is 32.7 Å². The molecule has 0 aromatic heterocycles. The maximum absolute atomic E-state index is 12.8. The second-order valence-corrected chi connectivity index (χ2v) is 5.68. The molecule has 2 rings (SSSR count). The molecule has 0 aliphatic carbocycles. The van der Waals surface area contributed by atoms with Gasteiger partial charge in [0.15, 0.2) is 0 Å². The molecule has 3 N–H and O–H groups in total. The standard InChI is InChI=1S/C16H24FN3O/c17-15-3-1-13(2-4-15)5-8-19-16(21)12-20-9-6-14(11-18)7-10-20/h1-4,14H,5-12,18H2,(H,19,21). The van der Waals surface area contributed by atoms with Crippen LogP contribution in [0.25, 0.3) is 0 Å². The lowest BCUT2D eigenvalue weighted by Gasteiger charge is -2.30. The van der Waals surface area contributed by atoms with Crippen molar-refractivity contribution in [1.82, 2.24) is 10.2 Å². The maximum Gasteiger partial charge on any atom is 0.234 e. The Balaban J connectivity index is 1.62. The number of rotatable bonds is 6. The van der Waals surface area contributed by atoms with Crippen molar-refractivity contribution in [2.24, 2.45) is 11.7 Å². The Morgan fingerprint density at radius 3 is 2.57 bits per heavy atom. The van der Waals surface area contributed by atoms with Gasteiger partial charge < -0.3 is 11.1 Å². The monoisotopic (exact) mass is 293 g/mol. The molecule has 116 valence electrons. The summed E-state index contributed by atoms with van der Waals surface area (Å²) in [6, 6.07) is 6.38. The Labute approximate surface area is 125 Å². The van der Waals surface area contributed by atoms with Crippen molar-refractivity contribution in [2.45, 2.75) is 19.3 Å². The molecule has 0 unspecified atom stereocenters. The van der Waals surface area contributed by atoms with Crippen molar-refractivity contribution in [3.05, 3.63) is 35.6 Å². The molecule has 1 aliphatic heterocycles. The second-order valence-electron chi connectivity index (χ2n) is 5.68. The molecular formula is C16H24FN3O. The average molecular weight is 293 g/mol. The van der Waals surface area contributed by atoms with E-state index in [-0.39, 0.29) is 11.7 Å². The average Bonchev–Trinajstić information content (AvgIpc) is 2.50. The fourth-order valence-corrected chi connectivity index (χ4v) is 2.64. The number of carbonyl (C=O) groups is 1. The van der Waals surface area contributed by atoms with Gasteiger partial charge in [0.1, 0.15) is 5.82 Å². The number of nitrogens with zero attached hydrogens (tertiary/aromatic N) is 1. The van der Waals surface area contributed by atoms with Gasteiger partial charge in [-0.1, -0.05) is 12.1 Å². The number of hydrogen-bond donors (Lipinski definition) is 2. The number of likely N-dealkylation sites (tertiary alicyclic amines) is 1. The fourth-order valence-electron chi connectivity index (χ4n) is 2.64. The molecule has 1 saturated heterocycles. The van der Waals surface area contributed by atoms with Crippen molar-refractivity contribution in [3.63, 3.8) is 0 Å². The van der Waals surface area contributed by atoms with Gasteiger partial charge in [0.05, 0.1) is 6.54 Å². The molecule has 1 heterocycles. The molecule has 5 heteroatoms. The van der Waals surface area contributed by atoms with Gasteiger partial charge in [0.2, 0.25) is 5.91 Å². The van der Waals surface area contributed by atoms with Crippen LogP contribution in [0.4, 0.5) is 4.39 Å². The fraction of sp³-hybridized carbons (Fsp3) is 0.562. The number of piperidine rings is 1. The zero-order valence-corrected chi connectivity index (χ0v) is 12.4. The lowest BCUT2D eigenvalue weighted by Crippen LogP contribution is -2.42. The molecule has 0 bridgehead atoms. The van der Waals surface area contributed by atoms with Gasteiger partial charge in [-0.25, -0.2) is 4.39 Å². The van der Waals surface area contributed by atoms with Crippen LogP contribution in [-0.2, 0) is 11.2 Å². The minimum absolute atomic E-state index is 0.0586. The maximum atomic E-state index is 12.8. The van der Waals surface area contributed by atoms with E-state index in [0.29, 0.717) is 19.0 Å². The van der Waals surface area contributed by atoms with E-state index in [9.17, 15) is 9.18 Å². The number of hydrogen-bond acceptors (Lipinski definition) is 3. The van der Waals surface area contributed by atoms with Gasteiger partial charge in [-0.2, -0.15) is 0 Å². The number of amides is 1. The molecule has 0 radical (unpaired) electrons. The summed E-state index contributed by atoms with van der Waals surface area (Å²) >= 11 is 0. The summed E-state index contributed by atoms with van der Waals surface area (Å²) in [6.45, 7) is 3.70. The van der Waals surface area contributed by atoms with Crippen LogP contribution < -0.4 is 11.1 Å². The van der Waals surface area contributed by atoms with Crippen LogP contribution in [0.5, 0.6) is 0 Å². The Morgan fingerprint density at radius 1 is 1.29 bits per heavy atom. The van der Waals surface area contributed by atoms with E-state index >= 15 is 0 Å². The largest absolute Gasteiger partial charge is 0.355 e. The molecule has 1 aliphatic rings. The van der Waals surface area contributed by atoms with Crippen LogP contribution in [0.3, 0.4) is 0 Å². The molecule has 21 heavy (non-hydrogen) atoms. The SMILES string of the molecule is NCC1CCN(CC(=O)NCCc2ccc(F)cc2)CC1. The van der Waals surface area contributed by atoms with Gasteiger partial charge in [0.25, 0.3) is 0 Å². The van der Waals surface area contributed by atoms with Gasteiger partial charge in [0, 0.05) is 6.54 Å². The van der Waals surface area contributed by atoms with Crippen molar-refractivity contribution in [1.29, 1.82) is 0 Å². The number of nitrogens with one attached hydrogen (secondary N) is 1. The normalized spacial score (nSPS) is 16.9. The third kappa shape index (κ3) is 5.44. The minimum atomic E-state index is -0.233. The Bertz CT molecular complexity index is 441. The van der Waals surface area contributed by atoms with Crippen LogP contribution in [0.1, 0.15) is 18.4 Å². The predicted octanol–water partition coefficient (Wildman–Crippen LogP) is 1.16. The number of benzene rings is 1.